The second-order valence-corrected chi connectivity index (χ2v) is 3.84. The van der Waals surface area contributed by atoms with Gasteiger partial charge in [0.05, 0.1) is 6.10 Å². The molecule has 2 nitrogen and oxygen atoms in total. The van der Waals surface area contributed by atoms with E-state index in [9.17, 15) is 4.79 Å². The molecule has 0 bridgehead atoms. The molecule has 0 aliphatic heterocycles. The predicted molar refractivity (Wildman–Crippen MR) is 55.0 cm³/mol. The van der Waals surface area contributed by atoms with Gasteiger partial charge in [-0.05, 0) is 37.8 Å². The minimum atomic E-state index is -0.248. The van der Waals surface area contributed by atoms with Gasteiger partial charge in [-0.2, -0.15) is 0 Å². The molecule has 0 aromatic heterocycles. The highest BCUT2D eigenvalue weighted by atomic mass is 35.5. The Morgan fingerprint density at radius 3 is 2.46 bits per heavy atom. The van der Waals surface area contributed by atoms with E-state index in [0.29, 0.717) is 0 Å². The monoisotopic (exact) mass is 206 g/mol. The summed E-state index contributed by atoms with van der Waals surface area (Å²) in [4.78, 5) is 10.7. The topological polar surface area (TPSA) is 26.3 Å². The Hall–Kier alpha value is -0.0800. The molecule has 0 rings (SSSR count). The molecule has 0 radical (unpaired) electrons. The quantitative estimate of drug-likeness (QED) is 0.599. The standard InChI is InChI=1S/C10H19ClO2/c1-4-7-13-9(3)6-5-8(2)10(11)12/h8-9H,4-7H2,1-3H3/t8-,9+/m1/s1. The molecule has 0 unspecified atom stereocenters. The van der Waals surface area contributed by atoms with Gasteiger partial charge in [-0.15, -0.1) is 0 Å². The minimum Gasteiger partial charge on any atom is -0.379 e. The van der Waals surface area contributed by atoms with E-state index in [-0.39, 0.29) is 17.3 Å². The summed E-state index contributed by atoms with van der Waals surface area (Å²) in [5.41, 5.74) is 0. The molecule has 78 valence electrons. The Morgan fingerprint density at radius 1 is 1.38 bits per heavy atom. The molecule has 2 atom stereocenters. The molecule has 0 amide bonds. The van der Waals surface area contributed by atoms with Crippen LogP contribution in [-0.4, -0.2) is 18.0 Å². The van der Waals surface area contributed by atoms with Gasteiger partial charge in [0.2, 0.25) is 5.24 Å². The smallest absolute Gasteiger partial charge is 0.224 e. The van der Waals surface area contributed by atoms with Crippen LogP contribution in [0.4, 0.5) is 0 Å². The first-order valence-electron chi connectivity index (χ1n) is 4.88. The molecule has 0 aliphatic rings. The second-order valence-electron chi connectivity index (χ2n) is 3.46. The molecular formula is C10H19ClO2. The maximum Gasteiger partial charge on any atom is 0.224 e. The van der Waals surface area contributed by atoms with Crippen molar-refractivity contribution < 1.29 is 9.53 Å². The third-order valence-electron chi connectivity index (χ3n) is 2.00. The van der Waals surface area contributed by atoms with E-state index in [4.69, 9.17) is 16.3 Å². The fraction of sp³-hybridized carbons (Fsp3) is 0.900. The minimum absolute atomic E-state index is 0.0469. The van der Waals surface area contributed by atoms with Crippen molar-refractivity contribution >= 4 is 16.8 Å². The fourth-order valence-electron chi connectivity index (χ4n) is 1.00. The van der Waals surface area contributed by atoms with Gasteiger partial charge in [0.15, 0.2) is 0 Å². The van der Waals surface area contributed by atoms with Gasteiger partial charge in [-0.1, -0.05) is 13.8 Å². The van der Waals surface area contributed by atoms with E-state index < -0.39 is 0 Å². The zero-order valence-corrected chi connectivity index (χ0v) is 9.43. The number of hydrogen-bond donors (Lipinski definition) is 0. The van der Waals surface area contributed by atoms with E-state index in [1.807, 2.05) is 13.8 Å². The molecule has 0 saturated carbocycles. The first-order chi connectivity index (χ1) is 6.07. The van der Waals surface area contributed by atoms with Crippen LogP contribution in [0.15, 0.2) is 0 Å². The molecule has 0 spiro atoms. The summed E-state index contributed by atoms with van der Waals surface area (Å²) in [6.45, 7) is 6.75. The van der Waals surface area contributed by atoms with Gasteiger partial charge in [-0.3, -0.25) is 4.79 Å². The molecule has 13 heavy (non-hydrogen) atoms. The maximum absolute atomic E-state index is 10.7. The molecule has 3 heteroatoms. The summed E-state index contributed by atoms with van der Waals surface area (Å²) in [5, 5.41) is -0.248. The molecule has 0 aromatic carbocycles. The first-order valence-corrected chi connectivity index (χ1v) is 5.26. The third kappa shape index (κ3) is 7.03. The zero-order valence-electron chi connectivity index (χ0n) is 8.68. The number of carbonyl (C=O) groups excluding carboxylic acids is 1. The Kier molecular flexibility index (Phi) is 7.29. The van der Waals surface area contributed by atoms with Gasteiger partial charge in [0.1, 0.15) is 0 Å². The van der Waals surface area contributed by atoms with E-state index in [2.05, 4.69) is 6.92 Å². The van der Waals surface area contributed by atoms with Crippen LogP contribution in [0, 0.1) is 5.92 Å². The van der Waals surface area contributed by atoms with Crippen molar-refractivity contribution in [3.63, 3.8) is 0 Å². The summed E-state index contributed by atoms with van der Waals surface area (Å²) < 4.78 is 5.47. The van der Waals surface area contributed by atoms with Crippen LogP contribution < -0.4 is 0 Å². The van der Waals surface area contributed by atoms with Crippen LogP contribution in [0.5, 0.6) is 0 Å². The fourth-order valence-corrected chi connectivity index (χ4v) is 1.11. The van der Waals surface area contributed by atoms with Crippen LogP contribution in [0.1, 0.15) is 40.0 Å². The normalized spacial score (nSPS) is 15.4. The van der Waals surface area contributed by atoms with E-state index in [1.165, 1.54) is 0 Å². The highest BCUT2D eigenvalue weighted by Gasteiger charge is 2.11. The summed E-state index contributed by atoms with van der Waals surface area (Å²) in [6.07, 6.45) is 2.99. The third-order valence-corrected chi connectivity index (χ3v) is 2.37. The lowest BCUT2D eigenvalue weighted by Gasteiger charge is -2.13. The maximum atomic E-state index is 10.7. The number of carbonyl (C=O) groups is 1. The highest BCUT2D eigenvalue weighted by Crippen LogP contribution is 2.12. The lowest BCUT2D eigenvalue weighted by atomic mass is 10.1. The van der Waals surface area contributed by atoms with Crippen LogP contribution in [0.3, 0.4) is 0 Å². The average Bonchev–Trinajstić information content (AvgIpc) is 2.10. The van der Waals surface area contributed by atoms with Crippen molar-refractivity contribution in [2.75, 3.05) is 6.61 Å². The Bertz CT molecular complexity index is 148. The largest absolute Gasteiger partial charge is 0.379 e. The Labute approximate surface area is 85.6 Å². The Balaban J connectivity index is 3.45. The van der Waals surface area contributed by atoms with Crippen LogP contribution in [0.25, 0.3) is 0 Å². The SMILES string of the molecule is CCCO[C@@H](C)CC[C@@H](C)C(=O)Cl. The van der Waals surface area contributed by atoms with Crippen LogP contribution in [-0.2, 0) is 9.53 Å². The molecule has 0 heterocycles. The van der Waals surface area contributed by atoms with Crippen molar-refractivity contribution in [2.45, 2.75) is 46.1 Å². The summed E-state index contributed by atoms with van der Waals surface area (Å²) in [7, 11) is 0. The van der Waals surface area contributed by atoms with Crippen molar-refractivity contribution in [2.24, 2.45) is 5.92 Å². The van der Waals surface area contributed by atoms with Gasteiger partial charge in [0, 0.05) is 12.5 Å². The zero-order chi connectivity index (χ0) is 10.3. The average molecular weight is 207 g/mol. The number of hydrogen-bond acceptors (Lipinski definition) is 2. The second kappa shape index (κ2) is 7.34. The van der Waals surface area contributed by atoms with Crippen LogP contribution >= 0.6 is 11.6 Å². The Morgan fingerprint density at radius 2 is 2.00 bits per heavy atom. The van der Waals surface area contributed by atoms with Gasteiger partial charge in [-0.25, -0.2) is 0 Å². The molecular weight excluding hydrogens is 188 g/mol. The van der Waals surface area contributed by atoms with Crippen molar-refractivity contribution in [1.29, 1.82) is 0 Å². The van der Waals surface area contributed by atoms with Crippen molar-refractivity contribution in [3.8, 4) is 0 Å². The first kappa shape index (κ1) is 12.9. The highest BCUT2D eigenvalue weighted by molar-refractivity contribution is 6.63. The molecule has 0 aromatic rings. The van der Waals surface area contributed by atoms with Crippen molar-refractivity contribution in [1.82, 2.24) is 0 Å². The summed E-state index contributed by atoms with van der Waals surface area (Å²) >= 11 is 5.34. The lowest BCUT2D eigenvalue weighted by Crippen LogP contribution is -2.12. The molecule has 0 saturated heterocycles. The van der Waals surface area contributed by atoms with Crippen molar-refractivity contribution in [3.05, 3.63) is 0 Å². The molecule has 0 aliphatic carbocycles. The van der Waals surface area contributed by atoms with Gasteiger partial charge >= 0.3 is 0 Å². The van der Waals surface area contributed by atoms with Crippen LogP contribution in [0.2, 0.25) is 0 Å². The van der Waals surface area contributed by atoms with Gasteiger partial charge in [0.25, 0.3) is 0 Å². The number of halogens is 1. The number of rotatable bonds is 7. The van der Waals surface area contributed by atoms with Gasteiger partial charge < -0.3 is 4.74 Å². The van der Waals surface area contributed by atoms with E-state index >= 15 is 0 Å². The molecule has 0 N–H and O–H groups in total. The lowest BCUT2D eigenvalue weighted by molar-refractivity contribution is -0.115. The van der Waals surface area contributed by atoms with E-state index in [1.54, 1.807) is 0 Å². The summed E-state index contributed by atoms with van der Waals surface area (Å²) in [5.74, 6) is -0.0469. The predicted octanol–water partition coefficient (Wildman–Crippen LogP) is 2.98. The number of ether oxygens (including phenoxy) is 1. The van der Waals surface area contributed by atoms with E-state index in [0.717, 1.165) is 25.9 Å². The summed E-state index contributed by atoms with van der Waals surface area (Å²) in [6, 6.07) is 0. The molecule has 0 fully saturated rings.